The van der Waals surface area contributed by atoms with Crippen molar-refractivity contribution in [3.8, 4) is 0 Å². The summed E-state index contributed by atoms with van der Waals surface area (Å²) in [6.45, 7) is 7.73. The number of aromatic amines is 1. The second kappa shape index (κ2) is 5.54. The molecule has 1 rings (SSSR count). The molecule has 0 aliphatic heterocycles. The molecule has 1 aromatic heterocycles. The highest BCUT2D eigenvalue weighted by atomic mass is 35.5. The van der Waals surface area contributed by atoms with Crippen LogP contribution in [0.1, 0.15) is 45.2 Å². The minimum absolute atomic E-state index is 0.107. The van der Waals surface area contributed by atoms with Gasteiger partial charge in [0, 0.05) is 11.6 Å². The number of hydrogen-bond acceptors (Lipinski definition) is 2. The van der Waals surface area contributed by atoms with Gasteiger partial charge in [-0.3, -0.25) is 14.3 Å². The molecule has 0 aliphatic carbocycles. The third-order valence-corrected chi connectivity index (χ3v) is 3.28. The zero-order valence-electron chi connectivity index (χ0n) is 10.7. The number of hydrogen-bond donors (Lipinski definition) is 1. The highest BCUT2D eigenvalue weighted by Gasteiger charge is 2.14. The lowest BCUT2D eigenvalue weighted by molar-refractivity contribution is 0.417. The molecule has 17 heavy (non-hydrogen) atoms. The second-order valence-electron chi connectivity index (χ2n) is 4.86. The summed E-state index contributed by atoms with van der Waals surface area (Å²) in [5.74, 6) is 0.556. The zero-order valence-corrected chi connectivity index (χ0v) is 11.5. The molecule has 0 aliphatic rings. The fourth-order valence-corrected chi connectivity index (χ4v) is 1.88. The first-order chi connectivity index (χ1) is 7.84. The van der Waals surface area contributed by atoms with E-state index < -0.39 is 5.69 Å². The van der Waals surface area contributed by atoms with E-state index in [1.807, 2.05) is 6.92 Å². The van der Waals surface area contributed by atoms with E-state index in [0.717, 1.165) is 12.8 Å². The highest BCUT2D eigenvalue weighted by Crippen LogP contribution is 2.14. The van der Waals surface area contributed by atoms with Gasteiger partial charge in [0.1, 0.15) is 5.15 Å². The smallest absolute Gasteiger partial charge is 0.297 e. The highest BCUT2D eigenvalue weighted by molar-refractivity contribution is 6.30. The van der Waals surface area contributed by atoms with E-state index in [0.29, 0.717) is 11.5 Å². The van der Waals surface area contributed by atoms with Crippen molar-refractivity contribution >= 4 is 11.6 Å². The molecule has 0 amide bonds. The van der Waals surface area contributed by atoms with Crippen LogP contribution in [0.15, 0.2) is 9.59 Å². The molecule has 1 heterocycles. The van der Waals surface area contributed by atoms with Crippen LogP contribution in [0.3, 0.4) is 0 Å². The van der Waals surface area contributed by atoms with Crippen LogP contribution in [0.5, 0.6) is 0 Å². The average molecular weight is 259 g/mol. The Balaban J connectivity index is 3.10. The van der Waals surface area contributed by atoms with Crippen LogP contribution in [0.25, 0.3) is 0 Å². The van der Waals surface area contributed by atoms with Crippen LogP contribution in [0, 0.1) is 12.8 Å². The predicted octanol–water partition coefficient (Wildman–Crippen LogP) is 2.50. The van der Waals surface area contributed by atoms with Crippen LogP contribution in [0.4, 0.5) is 0 Å². The third kappa shape index (κ3) is 3.22. The van der Waals surface area contributed by atoms with Gasteiger partial charge in [0.05, 0.1) is 0 Å². The van der Waals surface area contributed by atoms with E-state index in [2.05, 4.69) is 18.8 Å². The molecule has 1 unspecified atom stereocenters. The maximum absolute atomic E-state index is 12.0. The van der Waals surface area contributed by atoms with E-state index in [9.17, 15) is 9.59 Å². The van der Waals surface area contributed by atoms with E-state index in [1.165, 1.54) is 4.57 Å². The number of nitrogens with zero attached hydrogens (tertiary/aromatic N) is 1. The standard InChI is InChI=1S/C12H19ClN2O2/c1-7(2)5-6-8(3)15-11(16)9(4)10(13)14-12(15)17/h7-8H,5-6H2,1-4H3,(H,14,17). The summed E-state index contributed by atoms with van der Waals surface area (Å²) < 4.78 is 1.25. The van der Waals surface area contributed by atoms with Crippen molar-refractivity contribution in [1.82, 2.24) is 9.55 Å². The fraction of sp³-hybridized carbons (Fsp3) is 0.667. The largest absolute Gasteiger partial charge is 0.329 e. The molecule has 0 bridgehead atoms. The first-order valence-corrected chi connectivity index (χ1v) is 6.23. The van der Waals surface area contributed by atoms with Gasteiger partial charge in [0.15, 0.2) is 0 Å². The van der Waals surface area contributed by atoms with Crippen molar-refractivity contribution in [2.45, 2.75) is 46.6 Å². The average Bonchev–Trinajstić information content (AvgIpc) is 2.23. The van der Waals surface area contributed by atoms with Crippen LogP contribution < -0.4 is 11.2 Å². The molecule has 0 spiro atoms. The minimum atomic E-state index is -0.429. The van der Waals surface area contributed by atoms with Crippen molar-refractivity contribution < 1.29 is 0 Å². The van der Waals surface area contributed by atoms with Gasteiger partial charge < -0.3 is 0 Å². The second-order valence-corrected chi connectivity index (χ2v) is 5.24. The molecule has 0 saturated carbocycles. The topological polar surface area (TPSA) is 54.9 Å². The third-order valence-electron chi connectivity index (χ3n) is 2.91. The normalized spacial score (nSPS) is 13.1. The molecule has 4 nitrogen and oxygen atoms in total. The number of halogens is 1. The first-order valence-electron chi connectivity index (χ1n) is 5.85. The van der Waals surface area contributed by atoms with Gasteiger partial charge in [-0.15, -0.1) is 0 Å². The molecule has 96 valence electrons. The van der Waals surface area contributed by atoms with Gasteiger partial charge in [-0.05, 0) is 32.6 Å². The van der Waals surface area contributed by atoms with Gasteiger partial charge in [0.2, 0.25) is 0 Å². The lowest BCUT2D eigenvalue weighted by Gasteiger charge is -2.15. The van der Waals surface area contributed by atoms with Crippen LogP contribution in [-0.4, -0.2) is 9.55 Å². The molecule has 0 fully saturated rings. The summed E-state index contributed by atoms with van der Waals surface area (Å²) in [6.07, 6.45) is 1.79. The van der Waals surface area contributed by atoms with Crippen molar-refractivity contribution in [1.29, 1.82) is 0 Å². The molecular formula is C12H19ClN2O2. The van der Waals surface area contributed by atoms with E-state index in [1.54, 1.807) is 6.92 Å². The summed E-state index contributed by atoms with van der Waals surface area (Å²) in [4.78, 5) is 26.2. The number of aromatic nitrogens is 2. The fourth-order valence-electron chi connectivity index (χ4n) is 1.72. The lowest BCUT2D eigenvalue weighted by atomic mass is 10.0. The van der Waals surface area contributed by atoms with Gasteiger partial charge in [-0.25, -0.2) is 4.79 Å². The number of rotatable bonds is 4. The van der Waals surface area contributed by atoms with Gasteiger partial charge >= 0.3 is 5.69 Å². The van der Waals surface area contributed by atoms with Crippen molar-refractivity contribution in [2.24, 2.45) is 5.92 Å². The molecule has 1 N–H and O–H groups in total. The summed E-state index contributed by atoms with van der Waals surface area (Å²) >= 11 is 5.75. The Labute approximate surface area is 106 Å². The maximum Gasteiger partial charge on any atom is 0.329 e. The SMILES string of the molecule is Cc1c(Cl)[nH]c(=O)n(C(C)CCC(C)C)c1=O. The summed E-state index contributed by atoms with van der Waals surface area (Å²) in [7, 11) is 0. The lowest BCUT2D eigenvalue weighted by Crippen LogP contribution is -2.38. The quantitative estimate of drug-likeness (QED) is 0.844. The van der Waals surface area contributed by atoms with Crippen LogP contribution in [-0.2, 0) is 0 Å². The van der Waals surface area contributed by atoms with Crippen LogP contribution >= 0.6 is 11.6 Å². The summed E-state index contributed by atoms with van der Waals surface area (Å²) in [5.41, 5.74) is -0.334. The van der Waals surface area contributed by atoms with E-state index >= 15 is 0 Å². The van der Waals surface area contributed by atoms with Crippen LogP contribution in [0.2, 0.25) is 5.15 Å². The van der Waals surface area contributed by atoms with E-state index in [4.69, 9.17) is 11.6 Å². The van der Waals surface area contributed by atoms with Gasteiger partial charge in [-0.2, -0.15) is 0 Å². The molecule has 5 heteroatoms. The maximum atomic E-state index is 12.0. The Kier molecular flexibility index (Phi) is 4.57. The zero-order chi connectivity index (χ0) is 13.2. The first kappa shape index (κ1) is 14.0. The van der Waals surface area contributed by atoms with E-state index in [-0.39, 0.29) is 16.8 Å². The number of nitrogens with one attached hydrogen (secondary N) is 1. The number of H-pyrrole nitrogens is 1. The summed E-state index contributed by atoms with van der Waals surface area (Å²) in [5, 5.41) is 0.132. The van der Waals surface area contributed by atoms with Crippen molar-refractivity contribution in [3.63, 3.8) is 0 Å². The molecule has 1 atom stereocenters. The monoisotopic (exact) mass is 258 g/mol. The Morgan fingerprint density at radius 3 is 2.35 bits per heavy atom. The minimum Gasteiger partial charge on any atom is -0.297 e. The van der Waals surface area contributed by atoms with Gasteiger partial charge in [0.25, 0.3) is 5.56 Å². The Morgan fingerprint density at radius 2 is 1.82 bits per heavy atom. The molecule has 0 radical (unpaired) electrons. The van der Waals surface area contributed by atoms with Crippen molar-refractivity contribution in [3.05, 3.63) is 31.6 Å². The molecule has 1 aromatic rings. The molecule has 0 saturated heterocycles. The van der Waals surface area contributed by atoms with Gasteiger partial charge in [-0.1, -0.05) is 25.4 Å². The Morgan fingerprint density at radius 1 is 1.24 bits per heavy atom. The molecule has 0 aromatic carbocycles. The predicted molar refractivity (Wildman–Crippen MR) is 69.9 cm³/mol. The Bertz CT molecular complexity index is 502. The molecular weight excluding hydrogens is 240 g/mol. The Hall–Kier alpha value is -1.03. The van der Waals surface area contributed by atoms with Crippen molar-refractivity contribution in [2.75, 3.05) is 0 Å². The summed E-state index contributed by atoms with van der Waals surface area (Å²) in [6, 6.07) is -0.107.